The maximum absolute atomic E-state index is 11.0. The van der Waals surface area contributed by atoms with Gasteiger partial charge in [0.05, 0.1) is 5.92 Å². The lowest BCUT2D eigenvalue weighted by Gasteiger charge is -2.46. The Morgan fingerprint density at radius 2 is 2.00 bits per heavy atom. The Kier molecular flexibility index (Phi) is 3.01. The lowest BCUT2D eigenvalue weighted by molar-refractivity contribution is -0.146. The number of carbonyl (C=O) groups is 1. The molecule has 3 nitrogen and oxygen atoms in total. The number of piperidine rings is 1. The van der Waals surface area contributed by atoms with E-state index >= 15 is 0 Å². The van der Waals surface area contributed by atoms with Crippen molar-refractivity contribution in [2.45, 2.75) is 39.2 Å². The van der Waals surface area contributed by atoms with Crippen molar-refractivity contribution in [1.29, 1.82) is 0 Å². The lowest BCUT2D eigenvalue weighted by atomic mass is 9.78. The molecule has 0 spiro atoms. The fourth-order valence-electron chi connectivity index (χ4n) is 3.03. The zero-order valence-electron chi connectivity index (χ0n) is 9.65. The van der Waals surface area contributed by atoms with Crippen LogP contribution in [0.25, 0.3) is 0 Å². The van der Waals surface area contributed by atoms with Crippen LogP contribution >= 0.6 is 0 Å². The smallest absolute Gasteiger partial charge is 0.306 e. The molecule has 1 aliphatic carbocycles. The van der Waals surface area contributed by atoms with Gasteiger partial charge in [-0.3, -0.25) is 4.79 Å². The van der Waals surface area contributed by atoms with E-state index in [0.717, 1.165) is 31.5 Å². The van der Waals surface area contributed by atoms with Gasteiger partial charge in [-0.2, -0.15) is 0 Å². The van der Waals surface area contributed by atoms with Gasteiger partial charge >= 0.3 is 5.97 Å². The lowest BCUT2D eigenvalue weighted by Crippen LogP contribution is -2.51. The Hall–Kier alpha value is -0.570. The summed E-state index contributed by atoms with van der Waals surface area (Å²) in [4.78, 5) is 13.5. The van der Waals surface area contributed by atoms with Crippen LogP contribution in [0.1, 0.15) is 33.1 Å². The van der Waals surface area contributed by atoms with Crippen LogP contribution in [-0.2, 0) is 4.79 Å². The monoisotopic (exact) mass is 211 g/mol. The Morgan fingerprint density at radius 1 is 1.33 bits per heavy atom. The summed E-state index contributed by atoms with van der Waals surface area (Å²) in [7, 11) is 0. The van der Waals surface area contributed by atoms with E-state index < -0.39 is 5.97 Å². The summed E-state index contributed by atoms with van der Waals surface area (Å²) in [5, 5.41) is 9.03. The predicted molar refractivity (Wildman–Crippen MR) is 58.7 cm³/mol. The summed E-state index contributed by atoms with van der Waals surface area (Å²) in [6, 6.07) is 0.747. The molecule has 1 saturated heterocycles. The van der Waals surface area contributed by atoms with Gasteiger partial charge in [-0.15, -0.1) is 0 Å². The van der Waals surface area contributed by atoms with Gasteiger partial charge in [0.25, 0.3) is 0 Å². The summed E-state index contributed by atoms with van der Waals surface area (Å²) in [5.74, 6) is 0.470. The zero-order chi connectivity index (χ0) is 11.0. The normalized spacial score (nSPS) is 42.3. The van der Waals surface area contributed by atoms with Crippen molar-refractivity contribution in [3.8, 4) is 0 Å². The average molecular weight is 211 g/mol. The van der Waals surface area contributed by atoms with E-state index in [1.165, 1.54) is 12.8 Å². The molecule has 0 bridgehead atoms. The van der Waals surface area contributed by atoms with Gasteiger partial charge in [0.15, 0.2) is 0 Å². The molecule has 0 aromatic rings. The summed E-state index contributed by atoms with van der Waals surface area (Å²) < 4.78 is 0. The maximum atomic E-state index is 11.0. The van der Waals surface area contributed by atoms with Crippen molar-refractivity contribution in [2.24, 2.45) is 17.8 Å². The van der Waals surface area contributed by atoms with Gasteiger partial charge in [-0.25, -0.2) is 0 Å². The first kappa shape index (κ1) is 10.9. The topological polar surface area (TPSA) is 40.5 Å². The van der Waals surface area contributed by atoms with Crippen LogP contribution in [0.4, 0.5) is 0 Å². The third-order valence-electron chi connectivity index (χ3n) is 4.12. The highest BCUT2D eigenvalue weighted by Crippen LogP contribution is 2.35. The Labute approximate surface area is 91.5 Å². The second kappa shape index (κ2) is 4.12. The summed E-state index contributed by atoms with van der Waals surface area (Å²) in [6.07, 6.45) is 3.45. The Balaban J connectivity index is 1.86. The molecule has 86 valence electrons. The molecular weight excluding hydrogens is 190 g/mol. The number of nitrogens with zero attached hydrogens (tertiary/aromatic N) is 1. The standard InChI is InChI=1S/C12H21NO2/c1-8-5-10(6-8)13-4-3-11(12(14)15)9(2)7-13/h8-11H,3-7H2,1-2H3,(H,14,15). The third-order valence-corrected chi connectivity index (χ3v) is 4.12. The number of aliphatic carboxylic acids is 1. The molecule has 3 heteroatoms. The summed E-state index contributed by atoms with van der Waals surface area (Å²) in [5.41, 5.74) is 0. The first-order valence-corrected chi connectivity index (χ1v) is 6.04. The van der Waals surface area contributed by atoms with Gasteiger partial charge in [0, 0.05) is 12.6 Å². The van der Waals surface area contributed by atoms with Gasteiger partial charge in [0.2, 0.25) is 0 Å². The van der Waals surface area contributed by atoms with Crippen LogP contribution in [0.15, 0.2) is 0 Å². The first-order valence-electron chi connectivity index (χ1n) is 6.04. The molecule has 2 unspecified atom stereocenters. The zero-order valence-corrected chi connectivity index (χ0v) is 9.65. The molecule has 15 heavy (non-hydrogen) atoms. The van der Waals surface area contributed by atoms with Crippen molar-refractivity contribution in [2.75, 3.05) is 13.1 Å². The maximum Gasteiger partial charge on any atom is 0.306 e. The van der Waals surface area contributed by atoms with Crippen LogP contribution in [0, 0.1) is 17.8 Å². The van der Waals surface area contributed by atoms with E-state index in [4.69, 9.17) is 5.11 Å². The number of carboxylic acid groups (broad SMARTS) is 1. The molecule has 2 atom stereocenters. The number of rotatable bonds is 2. The second-order valence-corrected chi connectivity index (χ2v) is 5.44. The fourth-order valence-corrected chi connectivity index (χ4v) is 3.03. The van der Waals surface area contributed by atoms with E-state index in [2.05, 4.69) is 18.7 Å². The highest BCUT2D eigenvalue weighted by Gasteiger charge is 2.37. The number of carboxylic acids is 1. The molecular formula is C12H21NO2. The van der Waals surface area contributed by atoms with Crippen LogP contribution in [0.2, 0.25) is 0 Å². The summed E-state index contributed by atoms with van der Waals surface area (Å²) in [6.45, 7) is 6.34. The SMILES string of the molecule is CC1CC(N2CCC(C(=O)O)C(C)C2)C1. The predicted octanol–water partition coefficient (Wildman–Crippen LogP) is 1.83. The molecule has 0 aromatic carbocycles. The van der Waals surface area contributed by atoms with Crippen LogP contribution in [-0.4, -0.2) is 35.1 Å². The van der Waals surface area contributed by atoms with E-state index in [0.29, 0.717) is 5.92 Å². The van der Waals surface area contributed by atoms with Crippen molar-refractivity contribution < 1.29 is 9.90 Å². The van der Waals surface area contributed by atoms with E-state index in [1.54, 1.807) is 0 Å². The van der Waals surface area contributed by atoms with Gasteiger partial charge in [-0.05, 0) is 37.6 Å². The fraction of sp³-hybridized carbons (Fsp3) is 0.917. The Bertz CT molecular complexity index is 248. The quantitative estimate of drug-likeness (QED) is 0.757. The number of hydrogen-bond acceptors (Lipinski definition) is 2. The largest absolute Gasteiger partial charge is 0.481 e. The summed E-state index contributed by atoms with van der Waals surface area (Å²) >= 11 is 0. The van der Waals surface area contributed by atoms with Crippen molar-refractivity contribution in [1.82, 2.24) is 4.90 Å². The van der Waals surface area contributed by atoms with Crippen LogP contribution in [0.5, 0.6) is 0 Å². The van der Waals surface area contributed by atoms with Gasteiger partial charge in [0.1, 0.15) is 0 Å². The number of likely N-dealkylation sites (tertiary alicyclic amines) is 1. The molecule has 1 heterocycles. The van der Waals surface area contributed by atoms with E-state index in [-0.39, 0.29) is 5.92 Å². The second-order valence-electron chi connectivity index (χ2n) is 5.44. The van der Waals surface area contributed by atoms with Crippen LogP contribution < -0.4 is 0 Å². The molecule has 1 aliphatic heterocycles. The minimum absolute atomic E-state index is 0.112. The molecule has 2 rings (SSSR count). The van der Waals surface area contributed by atoms with E-state index in [9.17, 15) is 4.79 Å². The highest BCUT2D eigenvalue weighted by molar-refractivity contribution is 5.70. The van der Waals surface area contributed by atoms with Gasteiger partial charge < -0.3 is 10.0 Å². The van der Waals surface area contributed by atoms with Crippen LogP contribution in [0.3, 0.4) is 0 Å². The molecule has 0 radical (unpaired) electrons. The molecule has 1 N–H and O–H groups in total. The Morgan fingerprint density at radius 3 is 2.47 bits per heavy atom. The molecule has 1 saturated carbocycles. The van der Waals surface area contributed by atoms with Crippen molar-refractivity contribution >= 4 is 5.97 Å². The third kappa shape index (κ3) is 2.17. The molecule has 0 amide bonds. The highest BCUT2D eigenvalue weighted by atomic mass is 16.4. The van der Waals surface area contributed by atoms with Gasteiger partial charge in [-0.1, -0.05) is 13.8 Å². The van der Waals surface area contributed by atoms with Crippen molar-refractivity contribution in [3.63, 3.8) is 0 Å². The molecule has 0 aromatic heterocycles. The number of hydrogen-bond donors (Lipinski definition) is 1. The molecule has 2 fully saturated rings. The molecule has 2 aliphatic rings. The van der Waals surface area contributed by atoms with E-state index in [1.807, 2.05) is 0 Å². The first-order chi connectivity index (χ1) is 7.08. The average Bonchev–Trinajstić information content (AvgIpc) is 2.12. The minimum Gasteiger partial charge on any atom is -0.481 e. The van der Waals surface area contributed by atoms with Crippen molar-refractivity contribution in [3.05, 3.63) is 0 Å². The minimum atomic E-state index is -0.607.